The lowest BCUT2D eigenvalue weighted by atomic mass is 10.2. The molecule has 96 valence electrons. The third kappa shape index (κ3) is 3.34. The zero-order chi connectivity index (χ0) is 13.8. The molecule has 0 fully saturated rings. The van der Waals surface area contributed by atoms with Gasteiger partial charge in [0.25, 0.3) is 0 Å². The molecule has 0 aliphatic rings. The number of esters is 2. The second-order valence-corrected chi connectivity index (χ2v) is 4.51. The summed E-state index contributed by atoms with van der Waals surface area (Å²) in [6.07, 6.45) is 0. The van der Waals surface area contributed by atoms with E-state index in [1.807, 2.05) is 0 Å². The maximum Gasteiger partial charge on any atom is 0.347 e. The van der Waals surface area contributed by atoms with Gasteiger partial charge in [0.05, 0.1) is 16.1 Å². The van der Waals surface area contributed by atoms with Gasteiger partial charge in [-0.2, -0.15) is 0 Å². The van der Waals surface area contributed by atoms with Crippen molar-refractivity contribution in [1.82, 2.24) is 0 Å². The van der Waals surface area contributed by atoms with Crippen molar-refractivity contribution in [1.29, 1.82) is 0 Å². The number of carbonyl (C=O) groups excluding carboxylic acids is 2. The molecule has 2 aromatic carbocycles. The normalized spacial score (nSPS) is 10.0. The van der Waals surface area contributed by atoms with Crippen LogP contribution < -0.4 is 0 Å². The van der Waals surface area contributed by atoms with E-state index in [4.69, 9.17) is 27.9 Å². The fourth-order valence-electron chi connectivity index (χ4n) is 1.41. The van der Waals surface area contributed by atoms with Crippen LogP contribution in [0.25, 0.3) is 0 Å². The molecule has 0 spiro atoms. The second kappa shape index (κ2) is 5.87. The number of hydrogen-bond acceptors (Lipinski definition) is 3. The van der Waals surface area contributed by atoms with E-state index in [2.05, 4.69) is 0 Å². The summed E-state index contributed by atoms with van der Waals surface area (Å²) in [7, 11) is 0. The highest BCUT2D eigenvalue weighted by Gasteiger charge is 2.16. The van der Waals surface area contributed by atoms with E-state index in [1.165, 1.54) is 30.3 Å². The van der Waals surface area contributed by atoms with Gasteiger partial charge in [-0.15, -0.1) is 0 Å². The molecule has 0 amide bonds. The van der Waals surface area contributed by atoms with E-state index >= 15 is 0 Å². The molecule has 0 N–H and O–H groups in total. The fraction of sp³-hybridized carbons (Fsp3) is 0. The summed E-state index contributed by atoms with van der Waals surface area (Å²) < 4.78 is 4.74. The molecule has 0 aliphatic heterocycles. The Labute approximate surface area is 119 Å². The van der Waals surface area contributed by atoms with Gasteiger partial charge in [0.15, 0.2) is 0 Å². The topological polar surface area (TPSA) is 43.4 Å². The first-order chi connectivity index (χ1) is 9.08. The number of ether oxygens (including phenoxy) is 1. The maximum absolute atomic E-state index is 11.8. The lowest BCUT2D eigenvalue weighted by Crippen LogP contribution is -2.13. The van der Waals surface area contributed by atoms with Crippen LogP contribution in [0.3, 0.4) is 0 Å². The molecule has 0 radical (unpaired) electrons. The Kier molecular flexibility index (Phi) is 4.20. The van der Waals surface area contributed by atoms with E-state index in [0.29, 0.717) is 5.02 Å². The predicted octanol–water partition coefficient (Wildman–Crippen LogP) is 3.99. The summed E-state index contributed by atoms with van der Waals surface area (Å²) in [4.78, 5) is 23.5. The van der Waals surface area contributed by atoms with Crippen LogP contribution in [0, 0.1) is 0 Å². The van der Waals surface area contributed by atoms with Crippen LogP contribution in [0.15, 0.2) is 48.5 Å². The third-order valence-corrected chi connectivity index (χ3v) is 2.94. The molecule has 2 aromatic rings. The Morgan fingerprint density at radius 3 is 2.11 bits per heavy atom. The van der Waals surface area contributed by atoms with Crippen molar-refractivity contribution in [2.75, 3.05) is 0 Å². The Bertz CT molecular complexity index is 621. The molecule has 3 nitrogen and oxygen atoms in total. The van der Waals surface area contributed by atoms with Crippen LogP contribution >= 0.6 is 23.2 Å². The average Bonchev–Trinajstić information content (AvgIpc) is 2.39. The van der Waals surface area contributed by atoms with E-state index in [9.17, 15) is 9.59 Å². The summed E-state index contributed by atoms with van der Waals surface area (Å²) in [6.45, 7) is 0. The van der Waals surface area contributed by atoms with Gasteiger partial charge in [0, 0.05) is 5.02 Å². The van der Waals surface area contributed by atoms with Gasteiger partial charge in [-0.1, -0.05) is 35.3 Å². The van der Waals surface area contributed by atoms with Crippen LogP contribution in [0.5, 0.6) is 0 Å². The highest BCUT2D eigenvalue weighted by atomic mass is 35.5. The minimum absolute atomic E-state index is 0.145. The molecular formula is C14H8Cl2O3. The van der Waals surface area contributed by atoms with Crippen LogP contribution in [0.1, 0.15) is 20.7 Å². The van der Waals surface area contributed by atoms with E-state index in [0.717, 1.165) is 0 Å². The van der Waals surface area contributed by atoms with Gasteiger partial charge in [0.1, 0.15) is 0 Å². The number of hydrogen-bond donors (Lipinski definition) is 0. The average molecular weight is 295 g/mol. The highest BCUT2D eigenvalue weighted by Crippen LogP contribution is 2.17. The first-order valence-corrected chi connectivity index (χ1v) is 6.10. The first-order valence-electron chi connectivity index (χ1n) is 5.34. The van der Waals surface area contributed by atoms with Crippen molar-refractivity contribution in [3.05, 3.63) is 69.7 Å². The van der Waals surface area contributed by atoms with Crippen molar-refractivity contribution in [3.63, 3.8) is 0 Å². The Morgan fingerprint density at radius 2 is 1.47 bits per heavy atom. The van der Waals surface area contributed by atoms with E-state index in [-0.39, 0.29) is 16.1 Å². The maximum atomic E-state index is 11.8. The van der Waals surface area contributed by atoms with Crippen molar-refractivity contribution >= 4 is 35.1 Å². The third-order valence-electron chi connectivity index (χ3n) is 2.36. The molecule has 0 aliphatic carbocycles. The minimum Gasteiger partial charge on any atom is -0.386 e. The molecule has 0 aromatic heterocycles. The van der Waals surface area contributed by atoms with Gasteiger partial charge >= 0.3 is 11.9 Å². The summed E-state index contributed by atoms with van der Waals surface area (Å²) in [5, 5.41) is 0.727. The molecule has 0 unspecified atom stereocenters. The van der Waals surface area contributed by atoms with E-state index < -0.39 is 11.9 Å². The molecule has 19 heavy (non-hydrogen) atoms. The molecule has 0 heterocycles. The lowest BCUT2D eigenvalue weighted by molar-refractivity contribution is 0.0398. The van der Waals surface area contributed by atoms with Crippen molar-refractivity contribution in [2.45, 2.75) is 0 Å². The number of carbonyl (C=O) groups is 2. The summed E-state index contributed by atoms with van der Waals surface area (Å²) in [6, 6.07) is 12.4. The summed E-state index contributed by atoms with van der Waals surface area (Å²) >= 11 is 11.5. The summed E-state index contributed by atoms with van der Waals surface area (Å²) in [5.74, 6) is -1.54. The predicted molar refractivity (Wildman–Crippen MR) is 72.7 cm³/mol. The Hall–Kier alpha value is -1.84. The molecule has 0 atom stereocenters. The summed E-state index contributed by atoms with van der Waals surface area (Å²) in [5.41, 5.74) is 0.385. The van der Waals surface area contributed by atoms with Gasteiger partial charge in [0.2, 0.25) is 0 Å². The molecule has 2 rings (SSSR count). The van der Waals surface area contributed by atoms with Crippen LogP contribution in [-0.4, -0.2) is 11.9 Å². The fourth-order valence-corrected chi connectivity index (χ4v) is 1.75. The van der Waals surface area contributed by atoms with Crippen molar-refractivity contribution in [3.8, 4) is 0 Å². The zero-order valence-corrected chi connectivity index (χ0v) is 11.1. The SMILES string of the molecule is O=C(OC(=O)c1ccccc1Cl)c1ccc(Cl)cc1. The van der Waals surface area contributed by atoms with Crippen LogP contribution in [0.2, 0.25) is 10.0 Å². The first kappa shape index (κ1) is 13.6. The molecule has 0 bridgehead atoms. The zero-order valence-electron chi connectivity index (χ0n) is 9.60. The largest absolute Gasteiger partial charge is 0.386 e. The van der Waals surface area contributed by atoms with Gasteiger partial charge in [-0.3, -0.25) is 0 Å². The molecular weight excluding hydrogens is 287 g/mol. The van der Waals surface area contributed by atoms with Crippen molar-refractivity contribution < 1.29 is 14.3 Å². The molecule has 5 heteroatoms. The van der Waals surface area contributed by atoms with Crippen LogP contribution in [-0.2, 0) is 4.74 Å². The number of rotatable bonds is 2. The van der Waals surface area contributed by atoms with Gasteiger partial charge < -0.3 is 4.74 Å². The quantitative estimate of drug-likeness (QED) is 0.621. The lowest BCUT2D eigenvalue weighted by Gasteiger charge is -2.04. The Morgan fingerprint density at radius 1 is 0.842 bits per heavy atom. The van der Waals surface area contributed by atoms with Gasteiger partial charge in [-0.05, 0) is 36.4 Å². The van der Waals surface area contributed by atoms with Crippen LogP contribution in [0.4, 0.5) is 0 Å². The minimum atomic E-state index is -0.787. The monoisotopic (exact) mass is 294 g/mol. The number of benzene rings is 2. The van der Waals surface area contributed by atoms with E-state index in [1.54, 1.807) is 18.2 Å². The smallest absolute Gasteiger partial charge is 0.347 e. The number of halogens is 2. The van der Waals surface area contributed by atoms with Crippen molar-refractivity contribution in [2.24, 2.45) is 0 Å². The molecule has 0 saturated carbocycles. The second-order valence-electron chi connectivity index (χ2n) is 3.66. The Balaban J connectivity index is 2.13. The molecule has 0 saturated heterocycles. The highest BCUT2D eigenvalue weighted by molar-refractivity contribution is 6.33. The van der Waals surface area contributed by atoms with Gasteiger partial charge in [-0.25, -0.2) is 9.59 Å². The standard InChI is InChI=1S/C14H8Cl2O3/c15-10-7-5-9(6-8-10)13(17)19-14(18)11-3-1-2-4-12(11)16/h1-8H.